The second-order valence-electron chi connectivity index (χ2n) is 24.6. The van der Waals surface area contributed by atoms with Crippen LogP contribution in [-0.4, -0.2) is 48.2 Å². The van der Waals surface area contributed by atoms with Gasteiger partial charge in [0.25, 0.3) is 0 Å². The second-order valence-corrected chi connectivity index (χ2v) is 26.8. The maximum atomic E-state index is 5.64. The van der Waals surface area contributed by atoms with E-state index in [1.54, 1.807) is 22.7 Å². The van der Waals surface area contributed by atoms with Crippen LogP contribution in [0, 0.1) is 0 Å². The highest BCUT2D eigenvalue weighted by atomic mass is 32.1. The molecule has 96 heavy (non-hydrogen) atoms. The number of rotatable bonds is 8. The van der Waals surface area contributed by atoms with Gasteiger partial charge in [-0.25, -0.2) is 9.97 Å². The third-order valence-electron chi connectivity index (χ3n) is 19.3. The molecule has 0 aliphatic rings. The summed E-state index contributed by atoms with van der Waals surface area (Å²) in [5.41, 5.74) is 13.9. The van der Waals surface area contributed by atoms with Crippen molar-refractivity contribution in [3.05, 3.63) is 291 Å². The molecule has 21 rings (SSSR count). The standard InChI is InChI=1S/C84H48N10S2/c1-3-19-53(20-4-1)91-67-29-13-7-23-55(67)61-43-49(35-39-71(61)91)79-85-80(50-36-40-72-62(44-50)56-24-8-14-30-68(56)92(72)54-21-5-2-6-22-54)88-83(87-79)93-69-31-15-9-25-57(69)63-47-64-58-26-10-16-32-70(58)94(74(64)48-73(63)93)84-89-81(51-37-41-77-65(45-51)59-27-11-17-33-75(59)95-77)86-82(90-84)52-38-42-78-66(46-52)60-28-12-18-34-76(60)96-78/h1-48H. The lowest BCUT2D eigenvalue weighted by atomic mass is 10.1. The fraction of sp³-hybridized carbons (Fsp3) is 0. The molecule has 0 atom stereocenters. The first kappa shape index (κ1) is 53.1. The highest BCUT2D eigenvalue weighted by Crippen LogP contribution is 2.44. The molecule has 13 aromatic carbocycles. The van der Waals surface area contributed by atoms with Crippen LogP contribution in [0.15, 0.2) is 291 Å². The summed E-state index contributed by atoms with van der Waals surface area (Å²) in [6, 6.07) is 104. The molecule has 8 aromatic heterocycles. The Labute approximate surface area is 554 Å². The Morgan fingerprint density at radius 2 is 0.479 bits per heavy atom. The van der Waals surface area contributed by atoms with E-state index in [9.17, 15) is 0 Å². The van der Waals surface area contributed by atoms with Gasteiger partial charge < -0.3 is 9.13 Å². The van der Waals surface area contributed by atoms with Gasteiger partial charge in [0.1, 0.15) is 0 Å². The van der Waals surface area contributed by atoms with Crippen LogP contribution in [0.2, 0.25) is 0 Å². The predicted molar refractivity (Wildman–Crippen MR) is 398 cm³/mol. The van der Waals surface area contributed by atoms with E-state index in [0.29, 0.717) is 35.2 Å². The number of hydrogen-bond donors (Lipinski definition) is 0. The SMILES string of the molecule is c1ccc(-n2c3ccccc3c3cc(-c4nc(-c5ccc6c(c5)c5ccccc5n6-c5ccccc5)nc(-n5c6ccccc6c6cc7c8ccccc8n(-c8nc(-c9ccc%10sc%11ccccc%11c%10c9)nc(-c9ccc%10sc%11ccccc%11c%10c9)n8)c7cc65)n4)ccc32)cc1. The number of fused-ring (bicyclic) bond motifs is 18. The molecule has 0 spiro atoms. The molecule has 0 N–H and O–H groups in total. The van der Waals surface area contributed by atoms with Crippen molar-refractivity contribution in [2.75, 3.05) is 0 Å². The number of aromatic nitrogens is 10. The average Bonchev–Trinajstić information content (AvgIpc) is 1.55. The molecule has 0 saturated heterocycles. The Hall–Kier alpha value is -12.5. The zero-order valence-electron chi connectivity index (χ0n) is 51.0. The number of nitrogens with zero attached hydrogens (tertiary/aromatic N) is 10. The van der Waals surface area contributed by atoms with Crippen molar-refractivity contribution in [1.82, 2.24) is 48.2 Å². The van der Waals surface area contributed by atoms with Gasteiger partial charge in [0.15, 0.2) is 23.3 Å². The van der Waals surface area contributed by atoms with Crippen LogP contribution in [0.25, 0.3) is 196 Å². The number of thiophene rings is 2. The Balaban J connectivity index is 0.817. The molecule has 10 nitrogen and oxygen atoms in total. The van der Waals surface area contributed by atoms with Gasteiger partial charge in [0.05, 0.1) is 44.1 Å². The zero-order chi connectivity index (χ0) is 62.7. The Bertz CT molecular complexity index is 6540. The maximum Gasteiger partial charge on any atom is 0.238 e. The summed E-state index contributed by atoms with van der Waals surface area (Å²) in [6.45, 7) is 0. The van der Waals surface area contributed by atoms with Gasteiger partial charge in [0.2, 0.25) is 11.9 Å². The van der Waals surface area contributed by atoms with E-state index < -0.39 is 0 Å². The monoisotopic (exact) mass is 1260 g/mol. The third kappa shape index (κ3) is 7.97. The van der Waals surface area contributed by atoms with Crippen molar-refractivity contribution < 1.29 is 0 Å². The van der Waals surface area contributed by atoms with Gasteiger partial charge >= 0.3 is 0 Å². The van der Waals surface area contributed by atoms with Gasteiger partial charge in [0, 0.05) is 117 Å². The summed E-state index contributed by atoms with van der Waals surface area (Å²) in [5.74, 6) is 3.26. The minimum atomic E-state index is 0.485. The molecule has 0 aliphatic carbocycles. The lowest BCUT2D eigenvalue weighted by Gasteiger charge is -2.13. The van der Waals surface area contributed by atoms with E-state index in [2.05, 4.69) is 309 Å². The van der Waals surface area contributed by atoms with Gasteiger partial charge in [-0.05, 0) is 146 Å². The van der Waals surface area contributed by atoms with E-state index in [4.69, 9.17) is 29.9 Å². The van der Waals surface area contributed by atoms with Crippen LogP contribution in [0.5, 0.6) is 0 Å². The molecule has 0 radical (unpaired) electrons. The van der Waals surface area contributed by atoms with E-state index >= 15 is 0 Å². The van der Waals surface area contributed by atoms with Crippen molar-refractivity contribution in [2.24, 2.45) is 0 Å². The molecule has 12 heteroatoms. The Morgan fingerprint density at radius 1 is 0.188 bits per heavy atom. The molecular formula is C84H48N10S2. The number of benzene rings is 13. The van der Waals surface area contributed by atoms with E-state index in [-0.39, 0.29) is 0 Å². The second kappa shape index (κ2) is 20.5. The minimum Gasteiger partial charge on any atom is -0.309 e. The summed E-state index contributed by atoms with van der Waals surface area (Å²) in [5, 5.41) is 13.5. The molecule has 0 amide bonds. The first-order valence-electron chi connectivity index (χ1n) is 32.1. The minimum absolute atomic E-state index is 0.485. The quantitative estimate of drug-likeness (QED) is 0.150. The molecule has 0 unspecified atom stereocenters. The summed E-state index contributed by atoms with van der Waals surface area (Å²) in [7, 11) is 0. The van der Waals surface area contributed by atoms with Crippen molar-refractivity contribution in [3.63, 3.8) is 0 Å². The summed E-state index contributed by atoms with van der Waals surface area (Å²) >= 11 is 3.60. The fourth-order valence-corrected chi connectivity index (χ4v) is 17.1. The van der Waals surface area contributed by atoms with Gasteiger partial charge in [-0.15, -0.1) is 22.7 Å². The lowest BCUT2D eigenvalue weighted by molar-refractivity contribution is 0.949. The largest absolute Gasteiger partial charge is 0.309 e. The summed E-state index contributed by atoms with van der Waals surface area (Å²) < 4.78 is 14.0. The topological polar surface area (TPSA) is 97.1 Å². The van der Waals surface area contributed by atoms with Crippen molar-refractivity contribution in [1.29, 1.82) is 0 Å². The predicted octanol–water partition coefficient (Wildman–Crippen LogP) is 21.8. The van der Waals surface area contributed by atoms with Crippen LogP contribution in [0.1, 0.15) is 0 Å². The highest BCUT2D eigenvalue weighted by Gasteiger charge is 2.25. The molecule has 8 heterocycles. The van der Waals surface area contributed by atoms with Gasteiger partial charge in [-0.3, -0.25) is 9.13 Å². The van der Waals surface area contributed by atoms with Crippen LogP contribution in [-0.2, 0) is 0 Å². The van der Waals surface area contributed by atoms with Crippen molar-refractivity contribution in [3.8, 4) is 68.8 Å². The molecule has 21 aromatic rings. The zero-order valence-corrected chi connectivity index (χ0v) is 52.6. The summed E-state index contributed by atoms with van der Waals surface area (Å²) in [6.07, 6.45) is 0. The van der Waals surface area contributed by atoms with Crippen molar-refractivity contribution >= 4 is 150 Å². The lowest BCUT2D eigenvalue weighted by Crippen LogP contribution is -2.07. The number of hydrogen-bond acceptors (Lipinski definition) is 8. The Morgan fingerprint density at radius 3 is 0.875 bits per heavy atom. The molecule has 446 valence electrons. The molecule has 0 fully saturated rings. The van der Waals surface area contributed by atoms with Crippen LogP contribution < -0.4 is 0 Å². The van der Waals surface area contributed by atoms with Gasteiger partial charge in [-0.1, -0.05) is 146 Å². The molecule has 0 aliphatic heterocycles. The average molecular weight is 1260 g/mol. The molecule has 0 bridgehead atoms. The third-order valence-corrected chi connectivity index (χ3v) is 21.6. The van der Waals surface area contributed by atoms with Crippen LogP contribution in [0.4, 0.5) is 0 Å². The summed E-state index contributed by atoms with van der Waals surface area (Å²) in [4.78, 5) is 33.3. The van der Waals surface area contributed by atoms with Crippen LogP contribution in [0.3, 0.4) is 0 Å². The smallest absolute Gasteiger partial charge is 0.238 e. The Kier molecular flexibility index (Phi) is 11.3. The van der Waals surface area contributed by atoms with Crippen LogP contribution >= 0.6 is 22.7 Å². The maximum absolute atomic E-state index is 5.64. The van der Waals surface area contributed by atoms with E-state index in [1.807, 2.05) is 0 Å². The molecule has 0 saturated carbocycles. The highest BCUT2D eigenvalue weighted by molar-refractivity contribution is 7.26. The normalized spacial score (nSPS) is 12.2. The van der Waals surface area contributed by atoms with E-state index in [0.717, 1.165) is 121 Å². The van der Waals surface area contributed by atoms with Gasteiger partial charge in [-0.2, -0.15) is 19.9 Å². The number of para-hydroxylation sites is 6. The fourth-order valence-electron chi connectivity index (χ4n) is 15.0. The first-order valence-corrected chi connectivity index (χ1v) is 33.7. The first-order chi connectivity index (χ1) is 47.6. The molecular weight excluding hydrogens is 1210 g/mol. The van der Waals surface area contributed by atoms with E-state index in [1.165, 1.54) is 40.3 Å². The van der Waals surface area contributed by atoms with Crippen molar-refractivity contribution in [2.45, 2.75) is 0 Å².